The van der Waals surface area contributed by atoms with Crippen molar-refractivity contribution in [3.8, 4) is 0 Å². The first-order valence-corrected chi connectivity index (χ1v) is 4.23. The summed E-state index contributed by atoms with van der Waals surface area (Å²) < 4.78 is 4.61. The van der Waals surface area contributed by atoms with Gasteiger partial charge < -0.3 is 23.2 Å². The van der Waals surface area contributed by atoms with E-state index in [1.807, 2.05) is 0 Å². The summed E-state index contributed by atoms with van der Waals surface area (Å²) in [5.74, 6) is 0. The second kappa shape index (κ2) is 6.72. The van der Waals surface area contributed by atoms with Crippen molar-refractivity contribution in [2.75, 3.05) is 6.61 Å². The topological polar surface area (TPSA) is 87.0 Å². The van der Waals surface area contributed by atoms with E-state index in [-0.39, 0.29) is 6.42 Å². The number of carbonyl (C=O) groups is 1. The standard InChI is InChI=1S/C6H11IO5/c7-12-4(2-8)1-5(10)6(11)3-9/h2,4-6,9-11H,1,3H2/t4-,5-,6-/m1/s1. The van der Waals surface area contributed by atoms with E-state index in [4.69, 9.17) is 15.3 Å². The van der Waals surface area contributed by atoms with Crippen molar-refractivity contribution in [3.05, 3.63) is 0 Å². The van der Waals surface area contributed by atoms with Crippen LogP contribution in [0.1, 0.15) is 6.42 Å². The summed E-state index contributed by atoms with van der Waals surface area (Å²) in [5, 5.41) is 26.4. The van der Waals surface area contributed by atoms with Gasteiger partial charge in [-0.15, -0.1) is 0 Å². The number of hydrogen-bond donors (Lipinski definition) is 3. The lowest BCUT2D eigenvalue weighted by Crippen LogP contribution is -2.33. The highest BCUT2D eigenvalue weighted by Crippen LogP contribution is 2.07. The molecule has 0 aliphatic carbocycles. The molecule has 0 amide bonds. The van der Waals surface area contributed by atoms with Crippen LogP contribution >= 0.6 is 23.0 Å². The highest BCUT2D eigenvalue weighted by molar-refractivity contribution is 14.1. The van der Waals surface area contributed by atoms with E-state index in [0.717, 1.165) is 0 Å². The van der Waals surface area contributed by atoms with Crippen LogP contribution in [0.3, 0.4) is 0 Å². The molecule has 0 rings (SSSR count). The summed E-state index contributed by atoms with van der Waals surface area (Å²) >= 11 is 1.53. The third kappa shape index (κ3) is 4.31. The fourth-order valence-corrected chi connectivity index (χ4v) is 0.957. The van der Waals surface area contributed by atoms with Crippen molar-refractivity contribution in [1.29, 1.82) is 0 Å². The van der Waals surface area contributed by atoms with Gasteiger partial charge in [0.15, 0.2) is 0 Å². The van der Waals surface area contributed by atoms with Gasteiger partial charge in [0, 0.05) is 6.42 Å². The number of aldehydes is 1. The molecule has 0 spiro atoms. The number of rotatable bonds is 6. The van der Waals surface area contributed by atoms with E-state index in [1.165, 1.54) is 23.0 Å². The fourth-order valence-electron chi connectivity index (χ4n) is 0.630. The van der Waals surface area contributed by atoms with Gasteiger partial charge in [0.05, 0.1) is 12.7 Å². The van der Waals surface area contributed by atoms with Gasteiger partial charge in [-0.25, -0.2) is 0 Å². The Balaban J connectivity index is 3.79. The summed E-state index contributed by atoms with van der Waals surface area (Å²) in [7, 11) is 0. The van der Waals surface area contributed by atoms with Gasteiger partial charge >= 0.3 is 0 Å². The molecule has 0 aromatic carbocycles. The smallest absolute Gasteiger partial charge is 0.149 e. The molecule has 0 saturated heterocycles. The third-order valence-electron chi connectivity index (χ3n) is 1.37. The Hall–Kier alpha value is 0.240. The van der Waals surface area contributed by atoms with Crippen molar-refractivity contribution < 1.29 is 23.2 Å². The lowest BCUT2D eigenvalue weighted by molar-refractivity contribution is -0.114. The molecule has 3 N–H and O–H groups in total. The highest BCUT2D eigenvalue weighted by Gasteiger charge is 2.20. The molecule has 0 unspecified atom stereocenters. The highest BCUT2D eigenvalue weighted by atomic mass is 127. The van der Waals surface area contributed by atoms with Crippen LogP contribution in [0.4, 0.5) is 0 Å². The van der Waals surface area contributed by atoms with Crippen LogP contribution in [0.25, 0.3) is 0 Å². The minimum absolute atomic E-state index is 0.0197. The molecule has 0 radical (unpaired) electrons. The van der Waals surface area contributed by atoms with Crippen LogP contribution in [0.5, 0.6) is 0 Å². The van der Waals surface area contributed by atoms with E-state index < -0.39 is 24.9 Å². The Kier molecular flexibility index (Phi) is 6.86. The largest absolute Gasteiger partial charge is 0.394 e. The van der Waals surface area contributed by atoms with Gasteiger partial charge in [-0.1, -0.05) is 0 Å². The third-order valence-corrected chi connectivity index (χ3v) is 2.02. The van der Waals surface area contributed by atoms with Gasteiger partial charge in [0.25, 0.3) is 0 Å². The van der Waals surface area contributed by atoms with E-state index in [9.17, 15) is 4.79 Å². The minimum atomic E-state index is -1.22. The van der Waals surface area contributed by atoms with Crippen LogP contribution < -0.4 is 0 Å². The zero-order valence-corrected chi connectivity index (χ0v) is 8.42. The predicted octanol–water partition coefficient (Wildman–Crippen LogP) is -0.975. The Morgan fingerprint density at radius 3 is 2.33 bits per heavy atom. The van der Waals surface area contributed by atoms with Gasteiger partial charge in [-0.05, 0) is 0 Å². The zero-order valence-electron chi connectivity index (χ0n) is 6.26. The summed E-state index contributed by atoms with van der Waals surface area (Å²) in [6.45, 7) is -0.534. The van der Waals surface area contributed by atoms with Crippen LogP contribution in [0.2, 0.25) is 0 Å². The second-order valence-electron chi connectivity index (χ2n) is 2.32. The Morgan fingerprint density at radius 1 is 1.42 bits per heavy atom. The van der Waals surface area contributed by atoms with Gasteiger partial charge in [-0.3, -0.25) is 0 Å². The molecule has 0 heterocycles. The Bertz CT molecular complexity index is 131. The van der Waals surface area contributed by atoms with Crippen molar-refractivity contribution in [2.24, 2.45) is 0 Å². The first-order valence-electron chi connectivity index (χ1n) is 3.35. The SMILES string of the molecule is O=C[C@@H](C[C@@H](O)[C@H](O)CO)OI. The number of carbonyl (C=O) groups excluding carboxylic acids is 1. The van der Waals surface area contributed by atoms with Crippen LogP contribution in [-0.4, -0.2) is 46.5 Å². The quantitative estimate of drug-likeness (QED) is 0.432. The molecular weight excluding hydrogens is 279 g/mol. The van der Waals surface area contributed by atoms with Crippen molar-refractivity contribution in [2.45, 2.75) is 24.7 Å². The molecule has 0 aliphatic rings. The zero-order chi connectivity index (χ0) is 9.56. The average molecular weight is 290 g/mol. The monoisotopic (exact) mass is 290 g/mol. The average Bonchev–Trinajstić information content (AvgIpc) is 2.12. The molecular formula is C6H11IO5. The number of halogens is 1. The molecule has 0 aromatic rings. The number of aliphatic hydroxyl groups excluding tert-OH is 3. The van der Waals surface area contributed by atoms with Crippen molar-refractivity contribution in [1.82, 2.24) is 0 Å². The molecule has 0 bridgehead atoms. The first-order chi connectivity index (χ1) is 5.65. The van der Waals surface area contributed by atoms with Crippen LogP contribution in [0.15, 0.2) is 0 Å². The molecule has 0 aliphatic heterocycles. The molecule has 72 valence electrons. The maximum Gasteiger partial charge on any atom is 0.149 e. The van der Waals surface area contributed by atoms with Gasteiger partial charge in [0.2, 0.25) is 0 Å². The Labute approximate surface area is 84.0 Å². The van der Waals surface area contributed by atoms with Gasteiger partial charge in [-0.2, -0.15) is 0 Å². The molecule has 12 heavy (non-hydrogen) atoms. The van der Waals surface area contributed by atoms with E-state index in [1.54, 1.807) is 0 Å². The van der Waals surface area contributed by atoms with E-state index in [2.05, 4.69) is 3.07 Å². The molecule has 6 heteroatoms. The van der Waals surface area contributed by atoms with E-state index in [0.29, 0.717) is 6.29 Å². The first kappa shape index (κ1) is 12.2. The summed E-state index contributed by atoms with van der Waals surface area (Å²) in [6.07, 6.45) is -2.60. The van der Waals surface area contributed by atoms with E-state index >= 15 is 0 Å². The number of hydrogen-bond acceptors (Lipinski definition) is 5. The summed E-state index contributed by atoms with van der Waals surface area (Å²) in [5.41, 5.74) is 0. The molecule has 5 nitrogen and oxygen atoms in total. The predicted molar refractivity (Wildman–Crippen MR) is 48.7 cm³/mol. The Morgan fingerprint density at radius 2 is 2.00 bits per heavy atom. The summed E-state index contributed by atoms with van der Waals surface area (Å²) in [4.78, 5) is 10.2. The van der Waals surface area contributed by atoms with Crippen LogP contribution in [0, 0.1) is 0 Å². The fraction of sp³-hybridized carbons (Fsp3) is 0.833. The van der Waals surface area contributed by atoms with Crippen molar-refractivity contribution >= 4 is 29.3 Å². The van der Waals surface area contributed by atoms with Crippen LogP contribution in [-0.2, 0) is 7.86 Å². The van der Waals surface area contributed by atoms with Gasteiger partial charge in [0.1, 0.15) is 41.5 Å². The molecule has 3 atom stereocenters. The minimum Gasteiger partial charge on any atom is -0.394 e. The lowest BCUT2D eigenvalue weighted by Gasteiger charge is -2.17. The molecule has 0 fully saturated rings. The summed E-state index contributed by atoms with van der Waals surface area (Å²) in [6, 6.07) is 0. The maximum atomic E-state index is 10.2. The lowest BCUT2D eigenvalue weighted by atomic mass is 10.1. The molecule has 0 aromatic heterocycles. The normalized spacial score (nSPS) is 18.3. The number of aliphatic hydroxyl groups is 3. The molecule has 0 saturated carbocycles. The second-order valence-corrected chi connectivity index (χ2v) is 2.83. The maximum absolute atomic E-state index is 10.2. The van der Waals surface area contributed by atoms with Crippen molar-refractivity contribution in [3.63, 3.8) is 0 Å².